The van der Waals surface area contributed by atoms with Crippen LogP contribution in [0, 0.1) is 0 Å². The number of rotatable bonds is 7. The van der Waals surface area contributed by atoms with Gasteiger partial charge < -0.3 is 25.0 Å². The van der Waals surface area contributed by atoms with Crippen molar-refractivity contribution in [3.05, 3.63) is 41.6 Å². The van der Waals surface area contributed by atoms with Gasteiger partial charge in [-0.25, -0.2) is 4.98 Å². The van der Waals surface area contributed by atoms with E-state index in [1.54, 1.807) is 6.07 Å². The van der Waals surface area contributed by atoms with E-state index in [4.69, 9.17) is 9.47 Å². The second kappa shape index (κ2) is 11.0. The maximum absolute atomic E-state index is 12.9. The van der Waals surface area contributed by atoms with E-state index in [2.05, 4.69) is 25.5 Å². The molecule has 2 aliphatic rings. The lowest BCUT2D eigenvalue weighted by molar-refractivity contribution is -0.137. The number of hydrogen-bond donors (Lipinski definition) is 2. The molecular weight excluding hydrogens is 453 g/mol. The topological polar surface area (TPSA) is 91.9 Å². The molecule has 1 aromatic carbocycles. The smallest absolute Gasteiger partial charge is 0.379 e. The van der Waals surface area contributed by atoms with Crippen molar-refractivity contribution < 1.29 is 27.4 Å². The third kappa shape index (κ3) is 6.55. The van der Waals surface area contributed by atoms with Crippen LogP contribution in [0.3, 0.4) is 0 Å². The third-order valence-corrected chi connectivity index (χ3v) is 5.55. The van der Waals surface area contributed by atoms with E-state index in [0.29, 0.717) is 57.8 Å². The second-order valence-electron chi connectivity index (χ2n) is 7.95. The average molecular weight is 480 g/mol. The van der Waals surface area contributed by atoms with Gasteiger partial charge in [0.1, 0.15) is 11.5 Å². The SMILES string of the molecule is O=C(Nc1ccc(C(F)(F)F)cc1)c1cc(NCCN2CCOCC2)nc(N2CCOCC2)n1. The highest BCUT2D eigenvalue weighted by Gasteiger charge is 2.30. The van der Waals surface area contributed by atoms with Gasteiger partial charge in [0.25, 0.3) is 5.91 Å². The normalized spacial score (nSPS) is 17.4. The number of anilines is 3. The van der Waals surface area contributed by atoms with Crippen LogP contribution in [0.4, 0.5) is 30.6 Å². The van der Waals surface area contributed by atoms with E-state index in [1.807, 2.05) is 4.90 Å². The van der Waals surface area contributed by atoms with Crippen molar-refractivity contribution in [2.24, 2.45) is 0 Å². The number of ether oxygens (including phenoxy) is 2. The van der Waals surface area contributed by atoms with Crippen molar-refractivity contribution in [2.45, 2.75) is 6.18 Å². The maximum Gasteiger partial charge on any atom is 0.416 e. The van der Waals surface area contributed by atoms with Crippen molar-refractivity contribution >= 4 is 23.4 Å². The monoisotopic (exact) mass is 480 g/mol. The molecule has 0 bridgehead atoms. The molecule has 0 spiro atoms. The van der Waals surface area contributed by atoms with E-state index in [-0.39, 0.29) is 11.4 Å². The first-order valence-corrected chi connectivity index (χ1v) is 11.1. The minimum atomic E-state index is -4.44. The van der Waals surface area contributed by atoms with Crippen LogP contribution < -0.4 is 15.5 Å². The molecule has 2 fully saturated rings. The van der Waals surface area contributed by atoms with Gasteiger partial charge >= 0.3 is 6.18 Å². The van der Waals surface area contributed by atoms with Crippen molar-refractivity contribution in [3.63, 3.8) is 0 Å². The molecule has 2 saturated heterocycles. The van der Waals surface area contributed by atoms with Crippen molar-refractivity contribution in [2.75, 3.05) is 81.2 Å². The summed E-state index contributed by atoms with van der Waals surface area (Å²) in [5.74, 6) is 0.368. The first-order chi connectivity index (χ1) is 16.4. The highest BCUT2D eigenvalue weighted by atomic mass is 19.4. The Labute approximate surface area is 195 Å². The molecule has 3 heterocycles. The summed E-state index contributed by atoms with van der Waals surface area (Å²) < 4.78 is 49.1. The van der Waals surface area contributed by atoms with Crippen LogP contribution in [0.25, 0.3) is 0 Å². The summed E-state index contributed by atoms with van der Waals surface area (Å²) in [6.45, 7) is 6.83. The number of alkyl halides is 3. The Morgan fingerprint density at radius 2 is 1.62 bits per heavy atom. The maximum atomic E-state index is 12.9. The molecule has 12 heteroatoms. The van der Waals surface area contributed by atoms with Crippen LogP contribution in [0.15, 0.2) is 30.3 Å². The Kier molecular flexibility index (Phi) is 7.80. The van der Waals surface area contributed by atoms with E-state index in [1.165, 1.54) is 12.1 Å². The van der Waals surface area contributed by atoms with Gasteiger partial charge in [-0.1, -0.05) is 0 Å². The molecule has 0 radical (unpaired) electrons. The first kappa shape index (κ1) is 24.2. The molecule has 0 aliphatic carbocycles. The zero-order chi connectivity index (χ0) is 24.0. The number of benzene rings is 1. The number of nitrogens with zero attached hydrogens (tertiary/aromatic N) is 4. The molecule has 0 saturated carbocycles. The highest BCUT2D eigenvalue weighted by Crippen LogP contribution is 2.30. The lowest BCUT2D eigenvalue weighted by Crippen LogP contribution is -2.39. The largest absolute Gasteiger partial charge is 0.416 e. The van der Waals surface area contributed by atoms with Crippen LogP contribution in [0.1, 0.15) is 16.1 Å². The molecule has 0 atom stereocenters. The first-order valence-electron chi connectivity index (χ1n) is 11.1. The van der Waals surface area contributed by atoms with Gasteiger partial charge in [0, 0.05) is 51.0 Å². The molecule has 4 rings (SSSR count). The van der Waals surface area contributed by atoms with Crippen LogP contribution in [-0.4, -0.2) is 86.5 Å². The van der Waals surface area contributed by atoms with Gasteiger partial charge in [-0.15, -0.1) is 0 Å². The van der Waals surface area contributed by atoms with Crippen LogP contribution in [-0.2, 0) is 15.7 Å². The van der Waals surface area contributed by atoms with Gasteiger partial charge in [-0.3, -0.25) is 9.69 Å². The summed E-state index contributed by atoms with van der Waals surface area (Å²) in [5.41, 5.74) is -0.425. The van der Waals surface area contributed by atoms with Gasteiger partial charge in [-0.2, -0.15) is 18.2 Å². The number of amides is 1. The zero-order valence-corrected chi connectivity index (χ0v) is 18.6. The van der Waals surface area contributed by atoms with Crippen molar-refractivity contribution in [1.82, 2.24) is 14.9 Å². The van der Waals surface area contributed by atoms with E-state index < -0.39 is 17.6 Å². The number of morpholine rings is 2. The molecule has 1 amide bonds. The molecule has 2 aromatic rings. The molecule has 0 unspecified atom stereocenters. The molecule has 2 aliphatic heterocycles. The Morgan fingerprint density at radius 1 is 0.971 bits per heavy atom. The minimum absolute atomic E-state index is 0.116. The number of carbonyl (C=O) groups is 1. The number of nitrogens with one attached hydrogen (secondary N) is 2. The summed E-state index contributed by atoms with van der Waals surface area (Å²) >= 11 is 0. The fourth-order valence-electron chi connectivity index (χ4n) is 3.65. The molecule has 9 nitrogen and oxygen atoms in total. The van der Waals surface area contributed by atoms with Crippen molar-refractivity contribution in [3.8, 4) is 0 Å². The number of halogens is 3. The second-order valence-corrected chi connectivity index (χ2v) is 7.95. The summed E-state index contributed by atoms with van der Waals surface area (Å²) in [7, 11) is 0. The van der Waals surface area contributed by atoms with E-state index >= 15 is 0 Å². The number of hydrogen-bond acceptors (Lipinski definition) is 8. The quantitative estimate of drug-likeness (QED) is 0.624. The molecule has 184 valence electrons. The fraction of sp³-hybridized carbons (Fsp3) is 0.500. The Morgan fingerprint density at radius 3 is 2.26 bits per heavy atom. The zero-order valence-electron chi connectivity index (χ0n) is 18.6. The predicted octanol–water partition coefficient (Wildman–Crippen LogP) is 2.33. The van der Waals surface area contributed by atoms with Gasteiger partial charge in [-0.05, 0) is 24.3 Å². The van der Waals surface area contributed by atoms with Crippen LogP contribution in [0.2, 0.25) is 0 Å². The Bertz CT molecular complexity index is 961. The fourth-order valence-corrected chi connectivity index (χ4v) is 3.65. The van der Waals surface area contributed by atoms with Crippen LogP contribution in [0.5, 0.6) is 0 Å². The lowest BCUT2D eigenvalue weighted by atomic mass is 10.2. The van der Waals surface area contributed by atoms with Gasteiger partial charge in [0.05, 0.1) is 32.0 Å². The summed E-state index contributed by atoms with van der Waals surface area (Å²) in [6, 6.07) is 5.82. The van der Waals surface area contributed by atoms with E-state index in [9.17, 15) is 18.0 Å². The summed E-state index contributed by atoms with van der Waals surface area (Å²) in [5, 5.41) is 5.87. The Balaban J connectivity index is 1.47. The number of carbonyl (C=O) groups excluding carboxylic acids is 1. The highest BCUT2D eigenvalue weighted by molar-refractivity contribution is 6.03. The van der Waals surface area contributed by atoms with Crippen LogP contribution >= 0.6 is 0 Å². The lowest BCUT2D eigenvalue weighted by Gasteiger charge is -2.28. The van der Waals surface area contributed by atoms with Gasteiger partial charge in [0.2, 0.25) is 5.95 Å². The molecule has 2 N–H and O–H groups in total. The molecular formula is C22H27F3N6O3. The van der Waals surface area contributed by atoms with Gasteiger partial charge in [0.15, 0.2) is 0 Å². The number of aromatic nitrogens is 2. The minimum Gasteiger partial charge on any atom is -0.379 e. The van der Waals surface area contributed by atoms with Crippen molar-refractivity contribution in [1.29, 1.82) is 0 Å². The standard InChI is InChI=1S/C22H27F3N6O3/c23-22(24,25)16-1-3-17(4-2-16)27-20(32)18-15-19(26-5-6-30-7-11-33-12-8-30)29-21(28-18)31-9-13-34-14-10-31/h1-4,15H,5-14H2,(H,27,32)(H,26,28,29). The molecule has 1 aromatic heterocycles. The molecule has 34 heavy (non-hydrogen) atoms. The third-order valence-electron chi connectivity index (χ3n) is 5.55. The Hall–Kier alpha value is -2.96. The summed E-state index contributed by atoms with van der Waals surface area (Å²) in [6.07, 6.45) is -4.44. The summed E-state index contributed by atoms with van der Waals surface area (Å²) in [4.78, 5) is 26.1. The van der Waals surface area contributed by atoms with E-state index in [0.717, 1.165) is 31.8 Å². The predicted molar refractivity (Wildman–Crippen MR) is 120 cm³/mol. The average Bonchev–Trinajstić information content (AvgIpc) is 2.85.